The summed E-state index contributed by atoms with van der Waals surface area (Å²) in [5, 5.41) is 3.00. The van der Waals surface area contributed by atoms with Crippen LogP contribution in [-0.4, -0.2) is 34.2 Å². The Morgan fingerprint density at radius 2 is 1.92 bits per heavy atom. The van der Waals surface area contributed by atoms with Gasteiger partial charge < -0.3 is 10.1 Å². The van der Waals surface area contributed by atoms with Crippen molar-refractivity contribution in [2.45, 2.75) is 6.92 Å². The van der Waals surface area contributed by atoms with Gasteiger partial charge in [0.1, 0.15) is 5.75 Å². The highest BCUT2D eigenvalue weighted by Crippen LogP contribution is 2.29. The molecule has 0 unspecified atom stereocenters. The molecule has 2 aromatic rings. The fourth-order valence-electron chi connectivity index (χ4n) is 2.12. The molecule has 25 heavy (non-hydrogen) atoms. The van der Waals surface area contributed by atoms with E-state index in [0.717, 1.165) is 10.6 Å². The number of hydrogen-bond donors (Lipinski definition) is 1. The maximum Gasteiger partial charge on any atom is 0.255 e. The first kappa shape index (κ1) is 19.1. The average Bonchev–Trinajstić information content (AvgIpc) is 2.55. The molecule has 0 aliphatic heterocycles. The average molecular weight is 383 g/mol. The molecule has 0 atom stereocenters. The van der Waals surface area contributed by atoms with Crippen LogP contribution in [0, 0.1) is 0 Å². The first-order valence-corrected chi connectivity index (χ1v) is 9.73. The number of halogens is 1. The molecule has 1 N–H and O–H groups in total. The number of ether oxygens (including phenoxy) is 1. The summed E-state index contributed by atoms with van der Waals surface area (Å²) in [6, 6.07) is 11.5. The van der Waals surface area contributed by atoms with Crippen LogP contribution in [0.25, 0.3) is 0 Å². The topological polar surface area (TPSA) is 75.7 Å². The lowest BCUT2D eigenvalue weighted by Crippen LogP contribution is -2.25. The van der Waals surface area contributed by atoms with E-state index in [1.165, 1.54) is 25.2 Å². The van der Waals surface area contributed by atoms with Crippen molar-refractivity contribution >= 4 is 38.9 Å². The maximum absolute atomic E-state index is 12.5. The van der Waals surface area contributed by atoms with Gasteiger partial charge in [-0.05, 0) is 37.3 Å². The number of para-hydroxylation sites is 2. The maximum atomic E-state index is 12.5. The molecule has 2 rings (SSSR count). The number of carbonyl (C=O) groups excluding carboxylic acids is 1. The van der Waals surface area contributed by atoms with Crippen LogP contribution in [0.4, 0.5) is 11.4 Å². The zero-order valence-corrected chi connectivity index (χ0v) is 15.7. The smallest absolute Gasteiger partial charge is 0.255 e. The van der Waals surface area contributed by atoms with Gasteiger partial charge in [-0.1, -0.05) is 23.7 Å². The van der Waals surface area contributed by atoms with Crippen molar-refractivity contribution in [1.82, 2.24) is 0 Å². The first-order chi connectivity index (χ1) is 11.7. The van der Waals surface area contributed by atoms with Crippen molar-refractivity contribution in [1.29, 1.82) is 0 Å². The number of nitrogens with zero attached hydrogens (tertiary/aromatic N) is 1. The molecule has 0 aliphatic rings. The standard InChI is InChI=1S/C17H19ClN2O4S/c1-4-24-16-8-6-5-7-14(16)19-17(21)12-9-10-13(18)15(11-12)20(2)25(3,22)23/h5-11H,4H2,1-3H3,(H,19,21). The van der Waals surface area contributed by atoms with Gasteiger partial charge in [0.25, 0.3) is 5.91 Å². The van der Waals surface area contributed by atoms with E-state index in [4.69, 9.17) is 16.3 Å². The molecule has 6 nitrogen and oxygen atoms in total. The van der Waals surface area contributed by atoms with Crippen LogP contribution >= 0.6 is 11.6 Å². The number of nitrogens with one attached hydrogen (secondary N) is 1. The van der Waals surface area contributed by atoms with Crippen molar-refractivity contribution in [2.24, 2.45) is 0 Å². The number of rotatable bonds is 6. The molecule has 0 bridgehead atoms. The van der Waals surface area contributed by atoms with E-state index < -0.39 is 15.9 Å². The highest BCUT2D eigenvalue weighted by Gasteiger charge is 2.18. The highest BCUT2D eigenvalue weighted by molar-refractivity contribution is 7.92. The van der Waals surface area contributed by atoms with Crippen LogP contribution in [0.15, 0.2) is 42.5 Å². The second-order valence-electron chi connectivity index (χ2n) is 5.28. The largest absolute Gasteiger partial charge is 0.492 e. The van der Waals surface area contributed by atoms with Crippen LogP contribution in [0.1, 0.15) is 17.3 Å². The number of benzene rings is 2. The summed E-state index contributed by atoms with van der Waals surface area (Å²) >= 11 is 6.07. The number of sulfonamides is 1. The molecule has 2 aromatic carbocycles. The van der Waals surface area contributed by atoms with E-state index in [1.807, 2.05) is 13.0 Å². The molecule has 1 amide bonds. The quantitative estimate of drug-likeness (QED) is 0.830. The van der Waals surface area contributed by atoms with Gasteiger partial charge in [0.15, 0.2) is 0 Å². The molecule has 0 spiro atoms. The zero-order chi connectivity index (χ0) is 18.6. The van der Waals surface area contributed by atoms with Crippen molar-refractivity contribution in [3.05, 3.63) is 53.1 Å². The fourth-order valence-corrected chi connectivity index (χ4v) is 2.92. The lowest BCUT2D eigenvalue weighted by molar-refractivity contribution is 0.102. The minimum Gasteiger partial charge on any atom is -0.492 e. The molecule has 0 aromatic heterocycles. The number of amides is 1. The van der Waals surface area contributed by atoms with E-state index >= 15 is 0 Å². The van der Waals surface area contributed by atoms with E-state index in [2.05, 4.69) is 5.32 Å². The minimum atomic E-state index is -3.50. The van der Waals surface area contributed by atoms with Crippen LogP contribution in [0.5, 0.6) is 5.75 Å². The molecule has 0 saturated carbocycles. The van der Waals surface area contributed by atoms with Gasteiger partial charge in [-0.25, -0.2) is 8.42 Å². The normalized spacial score (nSPS) is 11.0. The molecular weight excluding hydrogens is 364 g/mol. The van der Waals surface area contributed by atoms with Crippen LogP contribution in [-0.2, 0) is 10.0 Å². The Morgan fingerprint density at radius 3 is 2.56 bits per heavy atom. The first-order valence-electron chi connectivity index (χ1n) is 7.50. The minimum absolute atomic E-state index is 0.231. The Bertz CT molecular complexity index is 884. The Balaban J connectivity index is 2.32. The number of anilines is 2. The van der Waals surface area contributed by atoms with Crippen molar-refractivity contribution in [3.63, 3.8) is 0 Å². The van der Waals surface area contributed by atoms with Gasteiger partial charge in [0.05, 0.1) is 29.3 Å². The van der Waals surface area contributed by atoms with E-state index in [0.29, 0.717) is 18.0 Å². The van der Waals surface area contributed by atoms with Gasteiger partial charge in [0, 0.05) is 12.6 Å². The van der Waals surface area contributed by atoms with Gasteiger partial charge in [-0.2, -0.15) is 0 Å². The van der Waals surface area contributed by atoms with Gasteiger partial charge in [-0.15, -0.1) is 0 Å². The van der Waals surface area contributed by atoms with E-state index in [-0.39, 0.29) is 16.3 Å². The summed E-state index contributed by atoms with van der Waals surface area (Å²) in [7, 11) is -2.12. The fraction of sp³-hybridized carbons (Fsp3) is 0.235. The van der Waals surface area contributed by atoms with Crippen LogP contribution in [0.3, 0.4) is 0 Å². The summed E-state index contributed by atoms with van der Waals surface area (Å²) in [5.74, 6) is 0.160. The van der Waals surface area contributed by atoms with Gasteiger partial charge in [-0.3, -0.25) is 9.10 Å². The monoisotopic (exact) mass is 382 g/mol. The van der Waals surface area contributed by atoms with Gasteiger partial charge in [0.2, 0.25) is 10.0 Å². The van der Waals surface area contributed by atoms with Crippen LogP contribution in [0.2, 0.25) is 5.02 Å². The lowest BCUT2D eigenvalue weighted by atomic mass is 10.1. The zero-order valence-electron chi connectivity index (χ0n) is 14.1. The molecule has 0 radical (unpaired) electrons. The predicted octanol–water partition coefficient (Wildman–Crippen LogP) is 3.39. The third-order valence-corrected chi connectivity index (χ3v) is 4.99. The third kappa shape index (κ3) is 4.64. The molecule has 0 heterocycles. The molecular formula is C17H19ClN2O4S. The summed E-state index contributed by atoms with van der Waals surface area (Å²) in [5.41, 5.74) is 1.04. The van der Waals surface area contributed by atoms with E-state index in [1.54, 1.807) is 18.2 Å². The summed E-state index contributed by atoms with van der Waals surface area (Å²) in [4.78, 5) is 12.5. The van der Waals surface area contributed by atoms with Crippen molar-refractivity contribution < 1.29 is 17.9 Å². The molecule has 0 aliphatic carbocycles. The molecule has 8 heteroatoms. The molecule has 0 saturated heterocycles. The highest BCUT2D eigenvalue weighted by atomic mass is 35.5. The lowest BCUT2D eigenvalue weighted by Gasteiger charge is -2.19. The Labute approximate surface area is 152 Å². The SMILES string of the molecule is CCOc1ccccc1NC(=O)c1ccc(Cl)c(N(C)S(C)(=O)=O)c1. The third-order valence-electron chi connectivity index (χ3n) is 3.48. The summed E-state index contributed by atoms with van der Waals surface area (Å²) in [6.07, 6.45) is 1.06. The predicted molar refractivity (Wildman–Crippen MR) is 100 cm³/mol. The second-order valence-corrected chi connectivity index (χ2v) is 7.70. The Hall–Kier alpha value is -2.25. The Morgan fingerprint density at radius 1 is 1.24 bits per heavy atom. The van der Waals surface area contributed by atoms with E-state index in [9.17, 15) is 13.2 Å². The molecule has 134 valence electrons. The van der Waals surface area contributed by atoms with Crippen molar-refractivity contribution in [2.75, 3.05) is 29.5 Å². The summed E-state index contributed by atoms with van der Waals surface area (Å²) < 4.78 is 29.9. The summed E-state index contributed by atoms with van der Waals surface area (Å²) in [6.45, 7) is 2.32. The van der Waals surface area contributed by atoms with Crippen molar-refractivity contribution in [3.8, 4) is 5.75 Å². The number of carbonyl (C=O) groups is 1. The van der Waals surface area contributed by atoms with Gasteiger partial charge >= 0.3 is 0 Å². The number of hydrogen-bond acceptors (Lipinski definition) is 4. The second kappa shape index (κ2) is 7.76. The molecule has 0 fully saturated rings. The van der Waals surface area contributed by atoms with Crippen LogP contribution < -0.4 is 14.4 Å². The Kier molecular flexibility index (Phi) is 5.92.